The van der Waals surface area contributed by atoms with E-state index in [0.29, 0.717) is 22.7 Å². The minimum Gasteiger partial charge on any atom is -0.510 e. The van der Waals surface area contributed by atoms with Gasteiger partial charge >= 0.3 is 14.0 Å². The number of para-hydroxylation sites is 1. The Morgan fingerprint density at radius 3 is 1.97 bits per heavy atom. The Kier molecular flexibility index (Phi) is 6.85. The fourth-order valence-electron chi connectivity index (χ4n) is 10.9. The Balaban J connectivity index is 0.00000433. The average Bonchev–Trinajstić information content (AvgIpc) is 3.98. The molecule has 0 spiro atoms. The summed E-state index contributed by atoms with van der Waals surface area (Å²) in [6.45, 7) is 6.01. The third kappa shape index (κ3) is 4.57. The van der Waals surface area contributed by atoms with Crippen molar-refractivity contribution >= 4 is 91.9 Å². The zero-order chi connectivity index (χ0) is 43.0. The van der Waals surface area contributed by atoms with Crippen LogP contribution in [0.25, 0.3) is 44.3 Å². The van der Waals surface area contributed by atoms with Gasteiger partial charge in [-0.2, -0.15) is 12.1 Å². The molecular formula is C49H38B2N8OPt-2. The van der Waals surface area contributed by atoms with Gasteiger partial charge in [-0.05, 0) is 82.0 Å². The molecule has 0 amide bonds. The van der Waals surface area contributed by atoms with Crippen molar-refractivity contribution < 1.29 is 34.5 Å². The molecule has 0 aliphatic carbocycles. The van der Waals surface area contributed by atoms with Gasteiger partial charge in [0.2, 0.25) is 6.33 Å². The molecule has 298 valence electrons. The second-order valence-corrected chi connectivity index (χ2v) is 16.6. The zero-order valence-corrected chi connectivity index (χ0v) is 36.5. The van der Waals surface area contributed by atoms with Crippen LogP contribution in [-0.2, 0) is 28.0 Å². The van der Waals surface area contributed by atoms with Crippen LogP contribution in [-0.4, -0.2) is 42.2 Å². The maximum absolute atomic E-state index is 8.48. The molecule has 9 aromatic rings. The monoisotopic (exact) mass is 974 g/mol. The summed E-state index contributed by atoms with van der Waals surface area (Å²) in [7, 11) is 4.28. The number of nitrogens with zero attached hydrogens (tertiary/aromatic N) is 8. The van der Waals surface area contributed by atoms with Crippen LogP contribution in [0.3, 0.4) is 0 Å². The Labute approximate surface area is 373 Å². The van der Waals surface area contributed by atoms with Crippen LogP contribution in [0.4, 0.5) is 34.1 Å². The number of aryl methyl sites for hydroxylation is 5. The van der Waals surface area contributed by atoms with E-state index in [1.54, 1.807) is 0 Å². The summed E-state index contributed by atoms with van der Waals surface area (Å²) in [6.07, 6.45) is 5.11. The number of fused-ring (bicyclic) bond motifs is 8. The number of hydrogen-bond acceptors (Lipinski definition) is 6. The number of pyridine rings is 1. The maximum Gasteiger partial charge on any atom is 0.416 e. The largest absolute Gasteiger partial charge is 0.510 e. The molecule has 61 heavy (non-hydrogen) atoms. The Hall–Kier alpha value is -6.44. The molecule has 4 aliphatic heterocycles. The van der Waals surface area contributed by atoms with Crippen LogP contribution in [0.5, 0.6) is 11.5 Å². The van der Waals surface area contributed by atoms with Gasteiger partial charge in [0, 0.05) is 50.1 Å². The van der Waals surface area contributed by atoms with E-state index in [1.807, 2.05) is 35.0 Å². The van der Waals surface area contributed by atoms with Gasteiger partial charge in [0.25, 0.3) is 0 Å². The minimum absolute atomic E-state index is 0. The third-order valence-electron chi connectivity index (χ3n) is 13.4. The van der Waals surface area contributed by atoms with Gasteiger partial charge in [0.05, 0.1) is 44.7 Å². The van der Waals surface area contributed by atoms with Crippen molar-refractivity contribution in [2.45, 2.75) is 27.7 Å². The zero-order valence-electron chi connectivity index (χ0n) is 37.3. The maximum atomic E-state index is 8.48. The predicted molar refractivity (Wildman–Crippen MR) is 243 cm³/mol. The van der Waals surface area contributed by atoms with Gasteiger partial charge in [0.15, 0.2) is 5.82 Å². The van der Waals surface area contributed by atoms with Crippen LogP contribution < -0.4 is 39.5 Å². The smallest absolute Gasteiger partial charge is 0.416 e. The van der Waals surface area contributed by atoms with Crippen molar-refractivity contribution in [1.82, 2.24) is 14.1 Å². The predicted octanol–water partition coefficient (Wildman–Crippen LogP) is 7.96. The fraction of sp³-hybridized carbons (Fsp3) is 0.143. The molecule has 0 saturated heterocycles. The first-order valence-corrected chi connectivity index (χ1v) is 20.3. The second kappa shape index (κ2) is 12.6. The molecule has 6 aromatic carbocycles. The number of anilines is 6. The number of benzene rings is 6. The molecule has 3 aromatic heterocycles. The van der Waals surface area contributed by atoms with Crippen LogP contribution in [0.1, 0.15) is 26.4 Å². The van der Waals surface area contributed by atoms with Gasteiger partial charge < -0.3 is 37.7 Å². The van der Waals surface area contributed by atoms with Gasteiger partial charge in [-0.3, -0.25) is 0 Å². The van der Waals surface area contributed by atoms with Gasteiger partial charge in [0.1, 0.15) is 0 Å². The fourth-order valence-corrected chi connectivity index (χ4v) is 10.9. The number of rotatable bonds is 4. The summed E-state index contributed by atoms with van der Waals surface area (Å²) in [4.78, 5) is 14.5. The van der Waals surface area contributed by atoms with Gasteiger partial charge in [-0.15, -0.1) is 29.7 Å². The molecule has 9 nitrogen and oxygen atoms in total. The molecule has 0 unspecified atom stereocenters. The van der Waals surface area contributed by atoms with Crippen LogP contribution in [0.2, 0.25) is 0 Å². The molecule has 0 fully saturated rings. The van der Waals surface area contributed by atoms with E-state index in [0.717, 1.165) is 67.3 Å². The van der Waals surface area contributed by atoms with E-state index >= 15 is 0 Å². The number of hydrogen-bond donors (Lipinski definition) is 0. The van der Waals surface area contributed by atoms with E-state index in [4.69, 9.17) is 13.8 Å². The molecule has 0 saturated carbocycles. The molecule has 12 heteroatoms. The van der Waals surface area contributed by atoms with E-state index in [9.17, 15) is 0 Å². The van der Waals surface area contributed by atoms with Gasteiger partial charge in [-0.1, -0.05) is 88.1 Å². The Bertz CT molecular complexity index is 3490. The minimum atomic E-state index is -2.45. The molecule has 7 heterocycles. The molecule has 4 aliphatic rings. The molecular weight excluding hydrogens is 933 g/mol. The molecule has 0 bridgehead atoms. The third-order valence-corrected chi connectivity index (χ3v) is 13.4. The van der Waals surface area contributed by atoms with Crippen LogP contribution >= 0.6 is 0 Å². The summed E-state index contributed by atoms with van der Waals surface area (Å²) in [6, 6.07) is 40.8. The quantitative estimate of drug-likeness (QED) is 0.102. The standard InChI is InChI=1S/C49H38B2N8O.Pt/c1-28-11-8-12-29(2)43(28)50-54(6)38-22-21-37-46-47(38)58(50)36-20-18-33(26-42(36)56(46)27-53(37)5)60-32-17-19-34-35-15-10-16-40-45(35)57(41(34)25-32)49-48-39(23-24-52-49)55(7)51(59(40)48)44-30(3)13-9-14-31(44)4;/h8-24H,1-7H3;/q-2;/i5D3;. The second-order valence-electron chi connectivity index (χ2n) is 16.6. The summed E-state index contributed by atoms with van der Waals surface area (Å²) < 4.78 is 37.5. The molecule has 0 N–H and O–H groups in total. The van der Waals surface area contributed by atoms with Crippen molar-refractivity contribution in [3.8, 4) is 23.0 Å². The first kappa shape index (κ1) is 33.3. The van der Waals surface area contributed by atoms with Gasteiger partial charge in [-0.25, -0.2) is 4.98 Å². The number of imidazole rings is 1. The first-order chi connectivity index (χ1) is 30.4. The number of ether oxygens (including phenoxy) is 1. The normalized spacial score (nSPS) is 15.1. The first-order valence-electron chi connectivity index (χ1n) is 21.8. The average molecular weight is 975 g/mol. The summed E-state index contributed by atoms with van der Waals surface area (Å²) in [5.74, 6) is 1.84. The van der Waals surface area contributed by atoms with E-state index in [2.05, 4.69) is 157 Å². The Morgan fingerprint density at radius 1 is 0.639 bits per heavy atom. The van der Waals surface area contributed by atoms with E-state index < -0.39 is 6.98 Å². The van der Waals surface area contributed by atoms with Crippen molar-refractivity contribution in [1.29, 1.82) is 0 Å². The summed E-state index contributed by atoms with van der Waals surface area (Å²) >= 11 is 0. The number of aromatic nitrogens is 4. The topological polar surface area (TPSA) is 48.8 Å². The SMILES string of the molecule is [2H]C([2H])([2H])[n+]1[c-]n2c3c4c(ccc31)N(C)B(c1c(C)cccc1C)N4c1ccc(Oc3[c-]c4c(cc3)c3cccc5c3n4-c3nccc4c3N5B(c3c(C)cccc3C)N4C)[c-]c1-2.[Pt]. The van der Waals surface area contributed by atoms with Crippen molar-refractivity contribution in [3.05, 3.63) is 144 Å². The summed E-state index contributed by atoms with van der Waals surface area (Å²) in [5, 5.41) is 2.16. The molecule has 0 radical (unpaired) electrons. The van der Waals surface area contributed by atoms with E-state index in [-0.39, 0.29) is 35.0 Å². The van der Waals surface area contributed by atoms with Crippen molar-refractivity contribution in [2.24, 2.45) is 6.98 Å². The molecule has 13 rings (SSSR count). The van der Waals surface area contributed by atoms with Crippen LogP contribution in [0, 0.1) is 46.2 Å². The van der Waals surface area contributed by atoms with Crippen molar-refractivity contribution in [3.63, 3.8) is 0 Å². The Morgan fingerprint density at radius 2 is 1.26 bits per heavy atom. The summed E-state index contributed by atoms with van der Waals surface area (Å²) in [5.41, 5.74) is 17.4. The van der Waals surface area contributed by atoms with E-state index in [1.165, 1.54) is 37.7 Å². The van der Waals surface area contributed by atoms with Crippen molar-refractivity contribution in [2.75, 3.05) is 33.3 Å². The molecule has 0 atom stereocenters. The van der Waals surface area contributed by atoms with Crippen LogP contribution in [0.15, 0.2) is 103 Å².